The monoisotopic (exact) mass is 893 g/mol. The molecule has 7 N–H and O–H groups in total. The fourth-order valence-electron chi connectivity index (χ4n) is 9.70. The molecule has 61 heavy (non-hydrogen) atoms. The van der Waals surface area contributed by atoms with Crippen LogP contribution in [0.1, 0.15) is 115 Å². The number of cyclic esters (lactones) is 1. The number of ether oxygens (including phenoxy) is 6. The summed E-state index contributed by atoms with van der Waals surface area (Å²) in [5, 5.41) is 66.6. The number of nitrogens with one attached hydrogen (secondary N) is 2. The maximum absolute atomic E-state index is 14.5. The number of aliphatic hydroxyl groups excluding tert-OH is 3. The summed E-state index contributed by atoms with van der Waals surface area (Å²) in [6.07, 6.45) is -7.95. The van der Waals surface area contributed by atoms with Crippen molar-refractivity contribution < 1.29 is 58.7 Å². The van der Waals surface area contributed by atoms with Gasteiger partial charge in [-0.2, -0.15) is 0 Å². The molecule has 3 heterocycles. The Morgan fingerprint density at radius 1 is 1.00 bits per heavy atom. The summed E-state index contributed by atoms with van der Waals surface area (Å²) in [5.74, 6) is -2.73. The molecular formula is C44H84N4O12S. The average molecular weight is 893 g/mol. The molecule has 3 aliphatic rings. The topological polar surface area (TPSA) is 204 Å². The first kappa shape index (κ1) is 54.0. The highest BCUT2D eigenvalue weighted by Crippen LogP contribution is 2.40. The second kappa shape index (κ2) is 22.7. The van der Waals surface area contributed by atoms with E-state index in [1.807, 2.05) is 60.5 Å². The van der Waals surface area contributed by atoms with Gasteiger partial charge in [0.05, 0.1) is 41.5 Å². The number of likely N-dealkylation sites (N-methyl/N-ethyl adjacent to an activating group) is 1. The third-order valence-electron chi connectivity index (χ3n) is 13.4. The van der Waals surface area contributed by atoms with Crippen LogP contribution < -0.4 is 10.6 Å². The molecular weight excluding hydrogens is 809 g/mol. The molecule has 3 aliphatic heterocycles. The summed E-state index contributed by atoms with van der Waals surface area (Å²) in [6.45, 7) is 23.2. The molecule has 0 aromatic carbocycles. The number of carbonyl (C=O) groups is 1. The Morgan fingerprint density at radius 3 is 2.21 bits per heavy atom. The zero-order valence-electron chi connectivity index (χ0n) is 39.8. The summed E-state index contributed by atoms with van der Waals surface area (Å²) in [7, 11) is 5.28. The Bertz CT molecular complexity index is 1380. The molecule has 0 aromatic heterocycles. The van der Waals surface area contributed by atoms with Crippen LogP contribution in [0.2, 0.25) is 0 Å². The average Bonchev–Trinajstić information content (AvgIpc) is 3.16. The van der Waals surface area contributed by atoms with Gasteiger partial charge in [-0.05, 0) is 120 Å². The van der Waals surface area contributed by atoms with Gasteiger partial charge in [-0.1, -0.05) is 20.8 Å². The first-order valence-electron chi connectivity index (χ1n) is 22.5. The van der Waals surface area contributed by atoms with Gasteiger partial charge in [0.1, 0.15) is 30.0 Å². The summed E-state index contributed by atoms with van der Waals surface area (Å²) in [5.41, 5.74) is -4.51. The van der Waals surface area contributed by atoms with Gasteiger partial charge in [-0.15, -0.1) is 0 Å². The number of nitrogens with zero attached hydrogens (tertiary/aromatic N) is 2. The van der Waals surface area contributed by atoms with Crippen LogP contribution in [0.5, 0.6) is 0 Å². The molecule has 3 rings (SSSR count). The first-order chi connectivity index (χ1) is 28.2. The van der Waals surface area contributed by atoms with Gasteiger partial charge in [-0.3, -0.25) is 9.69 Å². The van der Waals surface area contributed by atoms with Crippen molar-refractivity contribution in [3.63, 3.8) is 0 Å². The molecule has 0 spiro atoms. The Morgan fingerprint density at radius 2 is 1.64 bits per heavy atom. The van der Waals surface area contributed by atoms with E-state index in [9.17, 15) is 30.3 Å². The highest BCUT2D eigenvalue weighted by atomic mass is 32.1. The second-order valence-electron chi connectivity index (χ2n) is 19.6. The fraction of sp³-hybridized carbons (Fsp3) is 0.955. The van der Waals surface area contributed by atoms with E-state index in [4.69, 9.17) is 40.6 Å². The van der Waals surface area contributed by atoms with Crippen molar-refractivity contribution in [1.29, 1.82) is 0 Å². The van der Waals surface area contributed by atoms with Crippen molar-refractivity contribution in [1.82, 2.24) is 20.4 Å². The smallest absolute Gasteiger partial charge is 0.311 e. The van der Waals surface area contributed by atoms with Crippen LogP contribution in [0.4, 0.5) is 0 Å². The van der Waals surface area contributed by atoms with E-state index in [-0.39, 0.29) is 43.4 Å². The lowest BCUT2D eigenvalue weighted by molar-refractivity contribution is -0.318. The van der Waals surface area contributed by atoms with Crippen molar-refractivity contribution in [2.45, 2.75) is 212 Å². The number of thiocarbonyl (C=S) groups is 1. The Labute approximate surface area is 371 Å². The lowest BCUT2D eigenvalue weighted by Crippen LogP contribution is -2.60. The molecule has 3 saturated heterocycles. The zero-order chi connectivity index (χ0) is 46.4. The van der Waals surface area contributed by atoms with Crippen molar-refractivity contribution in [2.24, 2.45) is 17.8 Å². The van der Waals surface area contributed by atoms with E-state index < -0.39 is 96.0 Å². The molecule has 0 amide bonds. The molecule has 0 aliphatic carbocycles. The summed E-state index contributed by atoms with van der Waals surface area (Å²) >= 11 is 5.44. The lowest BCUT2D eigenvalue weighted by atomic mass is 9.77. The Balaban J connectivity index is 2.16. The molecule has 16 nitrogen and oxygen atoms in total. The maximum Gasteiger partial charge on any atom is 0.311 e. The molecule has 0 radical (unpaired) electrons. The fourth-order valence-corrected chi connectivity index (χ4v) is 10.0. The minimum Gasteiger partial charge on any atom is -0.459 e. The number of methoxy groups -OCH3 is 1. The van der Waals surface area contributed by atoms with Crippen LogP contribution in [0.25, 0.3) is 0 Å². The first-order valence-corrected chi connectivity index (χ1v) is 22.9. The minimum absolute atomic E-state index is 0.118. The molecule has 18 atom stereocenters. The molecule has 0 bridgehead atoms. The number of hydrogen-bond donors (Lipinski definition) is 7. The molecule has 17 heteroatoms. The van der Waals surface area contributed by atoms with Crippen molar-refractivity contribution in [3.05, 3.63) is 0 Å². The second-order valence-corrected chi connectivity index (χ2v) is 20.0. The standard InChI is InChI=1S/C44H84N4O12S/c1-16-32-44(12,54)36(50)29(8)48(19-17-18-45-41(61)46-24(2)3)23-25(4)21-42(10,53)38(60-40-34(49)31(47(13)14)20-26(5)56-40)27(6)35(28(7)39(52)58-32)59-33-22-43(11,55-15)37(51)30(9)57-33/h24-38,40,49-51,53-54H,16-23H2,1-15H3,(H2,45,46,61)/t25-,26-,27+,28-,29-,30+,31+,32-,33+,34-,35+,36-,37+,38-,40+,42-,43-,44-/m1/s1. The van der Waals surface area contributed by atoms with Crippen LogP contribution in [0, 0.1) is 17.8 Å². The van der Waals surface area contributed by atoms with Crippen molar-refractivity contribution in [2.75, 3.05) is 40.8 Å². The third-order valence-corrected chi connectivity index (χ3v) is 13.6. The van der Waals surface area contributed by atoms with Crippen molar-refractivity contribution >= 4 is 23.3 Å². The van der Waals surface area contributed by atoms with E-state index in [2.05, 4.69) is 15.5 Å². The SMILES string of the molecule is CC[C@H]1OC(=O)[C@H](C)[C@@H](O[C@H]2C[C@@](C)(OC)[C@@H](O)[C@H](C)O2)[C@H](C)[C@@H](O[C@@H]2O[C@H](C)C[C@H](N(C)C)[C@H]2O)[C@](C)(O)C[C@@H](C)CN(CCCNC(=S)NC(C)C)[C@H](C)[C@@H](O)[C@]1(C)O. The summed E-state index contributed by atoms with van der Waals surface area (Å²) in [4.78, 5) is 18.5. The normalized spacial score (nSPS) is 44.0. The van der Waals surface area contributed by atoms with Crippen LogP contribution in [0.15, 0.2) is 0 Å². The number of hydrogen-bond acceptors (Lipinski definition) is 15. The quantitative estimate of drug-likeness (QED) is 0.0855. The maximum atomic E-state index is 14.5. The van der Waals surface area contributed by atoms with Gasteiger partial charge in [0.15, 0.2) is 17.7 Å². The molecule has 358 valence electrons. The van der Waals surface area contributed by atoms with E-state index in [0.29, 0.717) is 37.6 Å². The van der Waals surface area contributed by atoms with Crippen LogP contribution in [0.3, 0.4) is 0 Å². The number of rotatable bonds is 12. The zero-order valence-corrected chi connectivity index (χ0v) is 40.6. The number of aliphatic hydroxyl groups is 5. The molecule has 0 unspecified atom stereocenters. The Hall–Kier alpha value is -1.32. The summed E-state index contributed by atoms with van der Waals surface area (Å²) in [6, 6.07) is -0.724. The summed E-state index contributed by atoms with van der Waals surface area (Å²) < 4.78 is 38.0. The van der Waals surface area contributed by atoms with Crippen molar-refractivity contribution in [3.8, 4) is 0 Å². The van der Waals surface area contributed by atoms with Crippen LogP contribution in [-0.2, 0) is 33.2 Å². The van der Waals surface area contributed by atoms with Gasteiger partial charge in [-0.25, -0.2) is 0 Å². The van der Waals surface area contributed by atoms with Gasteiger partial charge < -0.3 is 69.5 Å². The number of esters is 1. The lowest BCUT2D eigenvalue weighted by Gasteiger charge is -2.48. The minimum atomic E-state index is -1.86. The highest BCUT2D eigenvalue weighted by molar-refractivity contribution is 7.80. The predicted octanol–water partition coefficient (Wildman–Crippen LogP) is 2.53. The Kier molecular flexibility index (Phi) is 20.1. The molecule has 3 fully saturated rings. The van der Waals surface area contributed by atoms with Gasteiger partial charge >= 0.3 is 5.97 Å². The highest BCUT2D eigenvalue weighted by Gasteiger charge is 2.53. The van der Waals surface area contributed by atoms with Gasteiger partial charge in [0, 0.05) is 57.2 Å². The van der Waals surface area contributed by atoms with E-state index >= 15 is 0 Å². The largest absolute Gasteiger partial charge is 0.459 e. The molecule has 0 saturated carbocycles. The van der Waals surface area contributed by atoms with E-state index in [1.165, 1.54) is 14.0 Å². The number of carbonyl (C=O) groups excluding carboxylic acids is 1. The van der Waals surface area contributed by atoms with Crippen LogP contribution in [-0.4, -0.2) is 184 Å². The predicted molar refractivity (Wildman–Crippen MR) is 237 cm³/mol. The van der Waals surface area contributed by atoms with Crippen LogP contribution >= 0.6 is 12.2 Å². The van der Waals surface area contributed by atoms with E-state index in [0.717, 1.165) is 0 Å². The third kappa shape index (κ3) is 13.8. The van der Waals surface area contributed by atoms with Gasteiger partial charge in [0.25, 0.3) is 0 Å². The molecule has 0 aromatic rings. The van der Waals surface area contributed by atoms with Gasteiger partial charge in [0.2, 0.25) is 0 Å². The van der Waals surface area contributed by atoms with E-state index in [1.54, 1.807) is 34.6 Å².